The summed E-state index contributed by atoms with van der Waals surface area (Å²) in [7, 11) is 1.65. The van der Waals surface area contributed by atoms with Crippen molar-refractivity contribution in [2.75, 3.05) is 19.5 Å². The highest BCUT2D eigenvalue weighted by molar-refractivity contribution is 7.99. The molecular weight excluding hydrogens is 484 g/mol. The Morgan fingerprint density at radius 3 is 2.51 bits per heavy atom. The number of rotatable bonds is 15. The zero-order valence-corrected chi connectivity index (χ0v) is 21.5. The van der Waals surface area contributed by atoms with E-state index in [2.05, 4.69) is 15.0 Å². The van der Waals surface area contributed by atoms with Gasteiger partial charge in [-0.15, -0.1) is 11.8 Å². The topological polar surface area (TPSA) is 87.0 Å². The Morgan fingerprint density at radius 2 is 1.77 bits per heavy atom. The molecule has 7 nitrogen and oxygen atoms in total. The summed E-state index contributed by atoms with van der Waals surface area (Å²) in [6.45, 7) is 1.14. The lowest BCUT2D eigenvalue weighted by atomic mass is 10.0. The number of benzene rings is 1. The van der Waals surface area contributed by atoms with Crippen molar-refractivity contribution in [1.82, 2.24) is 19.5 Å². The zero-order valence-electron chi connectivity index (χ0n) is 19.9. The first kappa shape index (κ1) is 27.0. The van der Waals surface area contributed by atoms with Gasteiger partial charge in [0.2, 0.25) is 0 Å². The van der Waals surface area contributed by atoms with Crippen molar-refractivity contribution >= 4 is 29.1 Å². The Balaban J connectivity index is 1.48. The van der Waals surface area contributed by atoms with Gasteiger partial charge in [0.05, 0.1) is 11.9 Å². The van der Waals surface area contributed by atoms with Crippen molar-refractivity contribution in [2.45, 2.75) is 50.3 Å². The first-order valence-corrected chi connectivity index (χ1v) is 13.2. The largest absolute Gasteiger partial charge is 0.383 e. The number of unbranched alkanes of at least 4 members (excludes halogenated alkanes) is 4. The number of halogens is 1. The highest BCUT2D eigenvalue weighted by Gasteiger charge is 2.20. The van der Waals surface area contributed by atoms with E-state index in [1.165, 1.54) is 12.4 Å². The molecule has 0 radical (unpaired) electrons. The molecular formula is C26H31ClN4O3S. The van der Waals surface area contributed by atoms with Crippen molar-refractivity contribution in [2.24, 2.45) is 0 Å². The van der Waals surface area contributed by atoms with Crippen molar-refractivity contribution in [3.8, 4) is 0 Å². The van der Waals surface area contributed by atoms with E-state index in [0.29, 0.717) is 30.4 Å². The van der Waals surface area contributed by atoms with Crippen molar-refractivity contribution in [3.05, 3.63) is 87.6 Å². The number of carbonyl (C=O) groups excluding carboxylic acids is 1. The van der Waals surface area contributed by atoms with E-state index in [1.807, 2.05) is 4.57 Å². The number of nitrogens with zero attached hydrogens (tertiary/aromatic N) is 4. The minimum absolute atomic E-state index is 0.140. The summed E-state index contributed by atoms with van der Waals surface area (Å²) in [5.41, 5.74) is 1.38. The molecule has 0 spiro atoms. The van der Waals surface area contributed by atoms with Gasteiger partial charge in [0.15, 0.2) is 5.78 Å². The van der Waals surface area contributed by atoms with Gasteiger partial charge >= 0.3 is 0 Å². The van der Waals surface area contributed by atoms with Crippen LogP contribution in [0.3, 0.4) is 0 Å². The van der Waals surface area contributed by atoms with Crippen LogP contribution in [0.25, 0.3) is 0 Å². The maximum absolute atomic E-state index is 12.3. The SMILES string of the molecule is COCCn1ccc(=O)nc1C(SCCCCCCCC(=O)c1ccc(Cl)cc1)c1cncnc1. The fourth-order valence-corrected chi connectivity index (χ4v) is 5.08. The number of ketones is 1. The van der Waals surface area contributed by atoms with Crippen LogP contribution in [0.15, 0.2) is 60.0 Å². The van der Waals surface area contributed by atoms with E-state index < -0.39 is 0 Å². The molecule has 0 N–H and O–H groups in total. The minimum Gasteiger partial charge on any atom is -0.383 e. The van der Waals surface area contributed by atoms with Gasteiger partial charge in [0.1, 0.15) is 12.2 Å². The number of methoxy groups -OCH3 is 1. The Hall–Kier alpha value is -2.55. The molecule has 0 fully saturated rings. The van der Waals surface area contributed by atoms with E-state index in [4.69, 9.17) is 16.3 Å². The summed E-state index contributed by atoms with van der Waals surface area (Å²) in [5.74, 6) is 1.77. The fourth-order valence-electron chi connectivity index (χ4n) is 3.70. The van der Waals surface area contributed by atoms with Gasteiger partial charge in [-0.3, -0.25) is 9.59 Å². The summed E-state index contributed by atoms with van der Waals surface area (Å²) in [4.78, 5) is 37.0. The monoisotopic (exact) mass is 514 g/mol. The number of hydrogen-bond acceptors (Lipinski definition) is 7. The van der Waals surface area contributed by atoms with E-state index in [9.17, 15) is 9.59 Å². The van der Waals surface area contributed by atoms with Crippen LogP contribution in [0.4, 0.5) is 0 Å². The zero-order chi connectivity index (χ0) is 24.9. The summed E-state index contributed by atoms with van der Waals surface area (Å²) in [6.07, 6.45) is 12.5. The molecule has 1 atom stereocenters. The first-order chi connectivity index (χ1) is 17.1. The normalized spacial score (nSPS) is 11.9. The molecule has 3 aromatic rings. The van der Waals surface area contributed by atoms with Crippen LogP contribution in [0, 0.1) is 0 Å². The molecule has 1 aromatic carbocycles. The summed E-state index contributed by atoms with van der Waals surface area (Å²) >= 11 is 7.63. The highest BCUT2D eigenvalue weighted by Crippen LogP contribution is 2.34. The van der Waals surface area contributed by atoms with Gasteiger partial charge in [-0.05, 0) is 42.9 Å². The first-order valence-electron chi connectivity index (χ1n) is 11.8. The van der Waals surface area contributed by atoms with Crippen LogP contribution in [0.5, 0.6) is 0 Å². The third-order valence-electron chi connectivity index (χ3n) is 5.57. The Bertz CT molecular complexity index is 1110. The van der Waals surface area contributed by atoms with Crippen LogP contribution < -0.4 is 5.56 Å². The van der Waals surface area contributed by atoms with Crippen molar-refractivity contribution in [1.29, 1.82) is 0 Å². The number of Topliss-reactive ketones (excluding diaryl/α,β-unsaturated/α-hetero) is 1. The molecule has 0 aliphatic carbocycles. The van der Waals surface area contributed by atoms with Gasteiger partial charge < -0.3 is 9.30 Å². The summed E-state index contributed by atoms with van der Waals surface area (Å²) in [6, 6.07) is 8.55. The Morgan fingerprint density at radius 1 is 1.06 bits per heavy atom. The summed E-state index contributed by atoms with van der Waals surface area (Å²) in [5, 5.41) is 0.502. The average molecular weight is 515 g/mol. The fraction of sp³-hybridized carbons (Fsp3) is 0.423. The quantitative estimate of drug-likeness (QED) is 0.199. The molecule has 2 aromatic heterocycles. The molecule has 0 aliphatic rings. The van der Waals surface area contributed by atoms with Crippen LogP contribution in [0.2, 0.25) is 5.02 Å². The molecule has 1 unspecified atom stereocenters. The third-order valence-corrected chi connectivity index (χ3v) is 7.16. The number of ether oxygens (including phenoxy) is 1. The molecule has 0 amide bonds. The average Bonchev–Trinajstić information content (AvgIpc) is 2.88. The molecule has 0 bridgehead atoms. The molecule has 3 rings (SSSR count). The predicted octanol–water partition coefficient (Wildman–Crippen LogP) is 5.38. The number of carbonyl (C=O) groups is 1. The van der Waals surface area contributed by atoms with E-state index in [0.717, 1.165) is 49.0 Å². The molecule has 9 heteroatoms. The minimum atomic E-state index is -0.260. The summed E-state index contributed by atoms with van der Waals surface area (Å²) < 4.78 is 7.19. The Labute approximate surface area is 215 Å². The van der Waals surface area contributed by atoms with Crippen LogP contribution in [0.1, 0.15) is 65.5 Å². The molecule has 0 aliphatic heterocycles. The molecule has 2 heterocycles. The van der Waals surface area contributed by atoms with Crippen LogP contribution >= 0.6 is 23.4 Å². The molecule has 35 heavy (non-hydrogen) atoms. The third kappa shape index (κ3) is 8.87. The molecule has 0 saturated carbocycles. The van der Waals surface area contributed by atoms with Crippen molar-refractivity contribution in [3.63, 3.8) is 0 Å². The standard InChI is InChI=1S/C26H31ClN4O3S/c1-34-15-14-31-13-12-24(33)30-26(31)25(21-17-28-19-29-18-21)35-16-6-4-2-3-5-7-23(32)20-8-10-22(27)11-9-20/h8-13,17-19,25H,2-7,14-16H2,1H3. The van der Waals surface area contributed by atoms with Crippen molar-refractivity contribution < 1.29 is 9.53 Å². The number of thioether (sulfide) groups is 1. The molecule has 186 valence electrons. The van der Waals surface area contributed by atoms with Crippen LogP contribution in [-0.4, -0.2) is 44.8 Å². The van der Waals surface area contributed by atoms with Crippen LogP contribution in [-0.2, 0) is 11.3 Å². The maximum atomic E-state index is 12.3. The number of aromatic nitrogens is 4. The highest BCUT2D eigenvalue weighted by atomic mass is 35.5. The number of hydrogen-bond donors (Lipinski definition) is 0. The lowest BCUT2D eigenvalue weighted by molar-refractivity contribution is 0.0979. The molecule has 0 saturated heterocycles. The van der Waals surface area contributed by atoms with Gasteiger partial charge in [0.25, 0.3) is 5.56 Å². The van der Waals surface area contributed by atoms with Gasteiger partial charge in [-0.1, -0.05) is 30.9 Å². The van der Waals surface area contributed by atoms with Gasteiger partial charge in [-0.25, -0.2) is 9.97 Å². The van der Waals surface area contributed by atoms with Gasteiger partial charge in [-0.2, -0.15) is 4.98 Å². The van der Waals surface area contributed by atoms with E-state index in [1.54, 1.807) is 61.7 Å². The van der Waals surface area contributed by atoms with E-state index >= 15 is 0 Å². The van der Waals surface area contributed by atoms with Gasteiger partial charge in [0, 0.05) is 60.9 Å². The maximum Gasteiger partial charge on any atom is 0.272 e. The Kier molecular flexibility index (Phi) is 11.4. The lowest BCUT2D eigenvalue weighted by Gasteiger charge is -2.20. The van der Waals surface area contributed by atoms with E-state index in [-0.39, 0.29) is 16.6 Å². The smallest absolute Gasteiger partial charge is 0.272 e. The second kappa shape index (κ2) is 14.8. The second-order valence-electron chi connectivity index (χ2n) is 8.18. The lowest BCUT2D eigenvalue weighted by Crippen LogP contribution is -2.21. The second-order valence-corrected chi connectivity index (χ2v) is 9.83. The predicted molar refractivity (Wildman–Crippen MR) is 140 cm³/mol.